The third-order valence-corrected chi connectivity index (χ3v) is 3.04. The number of rotatable bonds is 3. The van der Waals surface area contributed by atoms with Crippen LogP contribution in [0, 0.1) is 0 Å². The van der Waals surface area contributed by atoms with Gasteiger partial charge in [-0.3, -0.25) is 9.48 Å². The predicted octanol–water partition coefficient (Wildman–Crippen LogP) is 0.186. The fraction of sp³-hybridized carbons (Fsp3) is 0.636. The van der Waals surface area contributed by atoms with Crippen LogP contribution in [0.4, 0.5) is 5.82 Å². The fourth-order valence-corrected chi connectivity index (χ4v) is 1.92. The summed E-state index contributed by atoms with van der Waals surface area (Å²) in [6.45, 7) is 2.37. The number of hydrogen-bond acceptors (Lipinski definition) is 4. The molecule has 0 saturated carbocycles. The quantitative estimate of drug-likeness (QED) is 0.787. The van der Waals surface area contributed by atoms with E-state index < -0.39 is 0 Å². The maximum atomic E-state index is 11.8. The van der Waals surface area contributed by atoms with E-state index in [-0.39, 0.29) is 18.1 Å². The number of carbonyl (C=O) groups is 1. The van der Waals surface area contributed by atoms with Crippen molar-refractivity contribution < 1.29 is 9.53 Å². The van der Waals surface area contributed by atoms with Crippen LogP contribution in [0.3, 0.4) is 0 Å². The molecule has 0 spiro atoms. The van der Waals surface area contributed by atoms with Crippen LogP contribution in [0.2, 0.25) is 0 Å². The topological polar surface area (TPSA) is 82.2 Å². The third kappa shape index (κ3) is 2.58. The fourth-order valence-electron chi connectivity index (χ4n) is 1.92. The Hall–Kier alpha value is -1.56. The lowest BCUT2D eigenvalue weighted by molar-refractivity contribution is -0.131. The Labute approximate surface area is 100 Å². The summed E-state index contributed by atoms with van der Waals surface area (Å²) in [4.78, 5) is 11.8. The summed E-state index contributed by atoms with van der Waals surface area (Å²) < 4.78 is 7.06. The molecule has 94 valence electrons. The minimum atomic E-state index is -0.317. The largest absolute Gasteiger partial charge is 0.384 e. The monoisotopic (exact) mass is 238 g/mol. The first-order chi connectivity index (χ1) is 8.08. The van der Waals surface area contributed by atoms with E-state index in [1.165, 1.54) is 0 Å². The van der Waals surface area contributed by atoms with Crippen molar-refractivity contribution in [3.8, 4) is 0 Å². The Morgan fingerprint density at radius 1 is 1.71 bits per heavy atom. The van der Waals surface area contributed by atoms with Crippen LogP contribution in [-0.4, -0.2) is 27.9 Å². The molecule has 2 unspecified atom stereocenters. The predicted molar refractivity (Wildman–Crippen MR) is 63.0 cm³/mol. The van der Waals surface area contributed by atoms with Gasteiger partial charge in [0.15, 0.2) is 0 Å². The molecular formula is C11H18N4O2. The first kappa shape index (κ1) is 11.9. The van der Waals surface area contributed by atoms with E-state index in [2.05, 4.69) is 10.4 Å². The number of ether oxygens (including phenoxy) is 1. The minimum absolute atomic E-state index is 0.0717. The summed E-state index contributed by atoms with van der Waals surface area (Å²) in [5.74, 6) is 0.503. The summed E-state index contributed by atoms with van der Waals surface area (Å²) in [5, 5.41) is 6.83. The number of amides is 1. The number of carbonyl (C=O) groups excluding carboxylic acids is 1. The maximum Gasteiger partial charge on any atom is 0.249 e. The van der Waals surface area contributed by atoms with Crippen molar-refractivity contribution in [3.05, 3.63) is 11.8 Å². The number of hydrogen-bond donors (Lipinski definition) is 2. The summed E-state index contributed by atoms with van der Waals surface area (Å²) in [6.07, 6.45) is 3.24. The molecule has 0 bridgehead atoms. The van der Waals surface area contributed by atoms with Gasteiger partial charge >= 0.3 is 0 Å². The van der Waals surface area contributed by atoms with Gasteiger partial charge in [0, 0.05) is 19.2 Å². The average Bonchev–Trinajstić information content (AvgIpc) is 2.86. The van der Waals surface area contributed by atoms with Crippen LogP contribution in [0.25, 0.3) is 0 Å². The highest BCUT2D eigenvalue weighted by atomic mass is 16.5. The molecule has 2 rings (SSSR count). The number of aryl methyl sites for hydroxylation is 1. The Morgan fingerprint density at radius 3 is 3.00 bits per heavy atom. The highest BCUT2D eigenvalue weighted by molar-refractivity contribution is 5.81. The van der Waals surface area contributed by atoms with Crippen LogP contribution < -0.4 is 11.1 Å². The standard InChI is InChI=1S/C11H18N4O2/c1-7-3-4-9(17-7)11(16)13-5-8-6-14-15(2)10(8)12/h6-7,9H,3-5,12H2,1-2H3,(H,13,16). The Balaban J connectivity index is 1.86. The van der Waals surface area contributed by atoms with Crippen LogP contribution in [0.15, 0.2) is 6.20 Å². The number of nitrogen functional groups attached to an aromatic ring is 1. The molecule has 0 aromatic carbocycles. The second-order valence-electron chi connectivity index (χ2n) is 4.41. The normalized spacial score (nSPS) is 23.9. The van der Waals surface area contributed by atoms with Gasteiger partial charge in [0.2, 0.25) is 5.91 Å². The highest BCUT2D eigenvalue weighted by Crippen LogP contribution is 2.19. The molecule has 1 saturated heterocycles. The van der Waals surface area contributed by atoms with Gasteiger partial charge in [-0.1, -0.05) is 0 Å². The summed E-state index contributed by atoms with van der Waals surface area (Å²) in [5.41, 5.74) is 6.61. The first-order valence-corrected chi connectivity index (χ1v) is 5.77. The Kier molecular flexibility index (Phi) is 3.33. The van der Waals surface area contributed by atoms with Gasteiger partial charge in [-0.25, -0.2) is 0 Å². The number of nitrogens with one attached hydrogen (secondary N) is 1. The van der Waals surface area contributed by atoms with Crippen molar-refractivity contribution in [2.75, 3.05) is 5.73 Å². The molecule has 1 amide bonds. The van der Waals surface area contributed by atoms with Crippen LogP contribution in [-0.2, 0) is 23.1 Å². The van der Waals surface area contributed by atoms with Gasteiger partial charge in [0.1, 0.15) is 11.9 Å². The van der Waals surface area contributed by atoms with Crippen LogP contribution in [0.5, 0.6) is 0 Å². The van der Waals surface area contributed by atoms with Gasteiger partial charge in [-0.05, 0) is 19.8 Å². The SMILES string of the molecule is CC1CCC(C(=O)NCc2cnn(C)c2N)O1. The van der Waals surface area contributed by atoms with Crippen molar-refractivity contribution in [3.63, 3.8) is 0 Å². The molecule has 3 N–H and O–H groups in total. The Morgan fingerprint density at radius 2 is 2.47 bits per heavy atom. The minimum Gasteiger partial charge on any atom is -0.384 e. The second-order valence-corrected chi connectivity index (χ2v) is 4.41. The summed E-state index contributed by atoms with van der Waals surface area (Å²) in [6, 6.07) is 0. The molecule has 17 heavy (non-hydrogen) atoms. The third-order valence-electron chi connectivity index (χ3n) is 3.04. The van der Waals surface area contributed by atoms with Crippen molar-refractivity contribution in [2.45, 2.75) is 38.5 Å². The Bertz CT molecular complexity index is 416. The number of aromatic nitrogens is 2. The molecule has 0 radical (unpaired) electrons. The average molecular weight is 238 g/mol. The highest BCUT2D eigenvalue weighted by Gasteiger charge is 2.27. The van der Waals surface area contributed by atoms with E-state index in [1.54, 1.807) is 17.9 Å². The molecule has 1 aromatic rings. The van der Waals surface area contributed by atoms with Crippen LogP contribution in [0.1, 0.15) is 25.3 Å². The van der Waals surface area contributed by atoms with Crippen molar-refractivity contribution >= 4 is 11.7 Å². The van der Waals surface area contributed by atoms with Gasteiger partial charge in [0.05, 0.1) is 12.3 Å². The molecule has 6 nitrogen and oxygen atoms in total. The van der Waals surface area contributed by atoms with E-state index in [4.69, 9.17) is 10.5 Å². The zero-order valence-corrected chi connectivity index (χ0v) is 10.1. The van der Waals surface area contributed by atoms with Gasteiger partial charge < -0.3 is 15.8 Å². The lowest BCUT2D eigenvalue weighted by Crippen LogP contribution is -2.34. The van der Waals surface area contributed by atoms with E-state index in [9.17, 15) is 4.79 Å². The molecule has 1 fully saturated rings. The van der Waals surface area contributed by atoms with Gasteiger partial charge in [0.25, 0.3) is 0 Å². The molecule has 2 heterocycles. The van der Waals surface area contributed by atoms with E-state index in [1.807, 2.05) is 6.92 Å². The molecule has 6 heteroatoms. The lowest BCUT2D eigenvalue weighted by Gasteiger charge is -2.11. The van der Waals surface area contributed by atoms with E-state index in [0.717, 1.165) is 18.4 Å². The molecular weight excluding hydrogens is 220 g/mol. The smallest absolute Gasteiger partial charge is 0.249 e. The first-order valence-electron chi connectivity index (χ1n) is 5.77. The zero-order valence-electron chi connectivity index (χ0n) is 10.1. The van der Waals surface area contributed by atoms with Crippen molar-refractivity contribution in [1.82, 2.24) is 15.1 Å². The molecule has 1 aromatic heterocycles. The molecule has 2 atom stereocenters. The molecule has 0 aliphatic carbocycles. The van der Waals surface area contributed by atoms with Gasteiger partial charge in [-0.15, -0.1) is 0 Å². The summed E-state index contributed by atoms with van der Waals surface area (Å²) >= 11 is 0. The molecule has 1 aliphatic rings. The van der Waals surface area contributed by atoms with Crippen molar-refractivity contribution in [2.24, 2.45) is 7.05 Å². The van der Waals surface area contributed by atoms with Crippen molar-refractivity contribution in [1.29, 1.82) is 0 Å². The number of nitrogens with two attached hydrogens (primary N) is 1. The van der Waals surface area contributed by atoms with Gasteiger partial charge in [-0.2, -0.15) is 5.10 Å². The zero-order chi connectivity index (χ0) is 12.4. The van der Waals surface area contributed by atoms with E-state index in [0.29, 0.717) is 12.4 Å². The number of nitrogens with zero attached hydrogens (tertiary/aromatic N) is 2. The van der Waals surface area contributed by atoms with Crippen LogP contribution >= 0.6 is 0 Å². The number of anilines is 1. The summed E-state index contributed by atoms with van der Waals surface area (Å²) in [7, 11) is 1.77. The van der Waals surface area contributed by atoms with E-state index >= 15 is 0 Å². The second kappa shape index (κ2) is 4.75. The molecule has 1 aliphatic heterocycles. The lowest BCUT2D eigenvalue weighted by atomic mass is 10.2. The maximum absolute atomic E-state index is 11.8.